The molecule has 0 N–H and O–H groups in total. The first-order valence-corrected chi connectivity index (χ1v) is 7.51. The third-order valence-electron chi connectivity index (χ3n) is 3.98. The molecule has 0 fully saturated rings. The number of hydrogen-bond donors (Lipinski definition) is 0. The monoisotopic (exact) mass is 296 g/mol. The molecule has 3 nitrogen and oxygen atoms in total. The van der Waals surface area contributed by atoms with E-state index in [1.165, 1.54) is 29.5 Å². The fraction of sp³-hybridized carbons (Fsp3) is 0.316. The summed E-state index contributed by atoms with van der Waals surface area (Å²) in [5.74, 6) is 1.67. The van der Waals surface area contributed by atoms with E-state index < -0.39 is 0 Å². The zero-order chi connectivity index (χ0) is 15.8. The van der Waals surface area contributed by atoms with E-state index in [9.17, 15) is 0 Å². The van der Waals surface area contributed by atoms with Gasteiger partial charge in [0.15, 0.2) is 0 Å². The van der Waals surface area contributed by atoms with E-state index in [0.29, 0.717) is 5.92 Å². The van der Waals surface area contributed by atoms with Crippen LogP contribution in [0, 0.1) is 6.92 Å². The third kappa shape index (κ3) is 4.31. The minimum Gasteiger partial charge on any atom is -0.494 e. The van der Waals surface area contributed by atoms with Crippen molar-refractivity contribution in [3.05, 3.63) is 65.2 Å². The van der Waals surface area contributed by atoms with Gasteiger partial charge in [-0.15, -0.1) is 0 Å². The van der Waals surface area contributed by atoms with Crippen molar-refractivity contribution >= 4 is 6.15 Å². The molecule has 2 aromatic rings. The van der Waals surface area contributed by atoms with Gasteiger partial charge >= 0.3 is 6.15 Å². The van der Waals surface area contributed by atoms with Crippen molar-refractivity contribution in [2.24, 2.45) is 0 Å². The van der Waals surface area contributed by atoms with E-state index >= 15 is 0 Å². The summed E-state index contributed by atoms with van der Waals surface area (Å²) in [6.07, 6.45) is 3.87. The standard InChI is InChI=1S/C18H20O.CO2/c1-14-5-4-7-17(13-14)19-12-11-16-10-9-15-6-2-3-8-18(15)16;2-1-3/h2-8,13,16H,9-12H2,1H3;. The lowest BCUT2D eigenvalue weighted by molar-refractivity contribution is -0.191. The topological polar surface area (TPSA) is 43.4 Å². The van der Waals surface area contributed by atoms with Crippen LogP contribution in [0.3, 0.4) is 0 Å². The first kappa shape index (κ1) is 16.0. The van der Waals surface area contributed by atoms with Crippen molar-refractivity contribution in [2.45, 2.75) is 32.1 Å². The summed E-state index contributed by atoms with van der Waals surface area (Å²) in [6.45, 7) is 2.91. The highest BCUT2D eigenvalue weighted by Crippen LogP contribution is 2.35. The molecule has 2 aromatic carbocycles. The third-order valence-corrected chi connectivity index (χ3v) is 3.98. The molecular formula is C19H20O3. The molecule has 1 atom stereocenters. The molecule has 0 aromatic heterocycles. The zero-order valence-corrected chi connectivity index (χ0v) is 12.7. The summed E-state index contributed by atoms with van der Waals surface area (Å²) in [5, 5.41) is 0. The summed E-state index contributed by atoms with van der Waals surface area (Å²) >= 11 is 0. The molecule has 3 heteroatoms. The van der Waals surface area contributed by atoms with E-state index in [1.54, 1.807) is 0 Å². The van der Waals surface area contributed by atoms with Crippen LogP contribution in [0.1, 0.15) is 35.4 Å². The smallest absolute Gasteiger partial charge is 0.373 e. The molecule has 1 aliphatic rings. The molecule has 3 rings (SSSR count). The van der Waals surface area contributed by atoms with E-state index in [-0.39, 0.29) is 6.15 Å². The van der Waals surface area contributed by atoms with Crippen LogP contribution in [0.2, 0.25) is 0 Å². The van der Waals surface area contributed by atoms with Crippen LogP contribution in [0.5, 0.6) is 5.75 Å². The Labute approximate surface area is 130 Å². The summed E-state index contributed by atoms with van der Waals surface area (Å²) in [4.78, 5) is 16.2. The molecule has 0 aliphatic heterocycles. The first-order chi connectivity index (χ1) is 10.7. The SMILES string of the molecule is Cc1cccc(OCCC2CCc3ccccc32)c1.O=C=O. The van der Waals surface area contributed by atoms with Crippen LogP contribution in [0.15, 0.2) is 48.5 Å². The first-order valence-electron chi connectivity index (χ1n) is 7.51. The van der Waals surface area contributed by atoms with Crippen LogP contribution in [0.25, 0.3) is 0 Å². The van der Waals surface area contributed by atoms with Gasteiger partial charge in [-0.3, -0.25) is 0 Å². The second-order valence-corrected chi connectivity index (χ2v) is 5.47. The van der Waals surface area contributed by atoms with Crippen LogP contribution in [0.4, 0.5) is 0 Å². The normalized spacial score (nSPS) is 15.2. The highest BCUT2D eigenvalue weighted by atomic mass is 16.5. The van der Waals surface area contributed by atoms with Crippen molar-refractivity contribution in [1.29, 1.82) is 0 Å². The van der Waals surface area contributed by atoms with Crippen LogP contribution >= 0.6 is 0 Å². The Kier molecular flexibility index (Phi) is 5.93. The maximum Gasteiger partial charge on any atom is 0.373 e. The molecule has 0 bridgehead atoms. The number of carbonyl (C=O) groups excluding carboxylic acids is 2. The largest absolute Gasteiger partial charge is 0.494 e. The average molecular weight is 296 g/mol. The molecule has 0 spiro atoms. The molecule has 114 valence electrons. The molecule has 1 unspecified atom stereocenters. The van der Waals surface area contributed by atoms with E-state index in [1.807, 2.05) is 6.07 Å². The van der Waals surface area contributed by atoms with Gasteiger partial charge in [0.25, 0.3) is 0 Å². The lowest BCUT2D eigenvalue weighted by Crippen LogP contribution is -2.03. The Bertz CT molecular complexity index is 643. The Morgan fingerprint density at radius 1 is 1.14 bits per heavy atom. The lowest BCUT2D eigenvalue weighted by atomic mass is 9.98. The van der Waals surface area contributed by atoms with Gasteiger partial charge in [0.05, 0.1) is 6.61 Å². The molecule has 22 heavy (non-hydrogen) atoms. The van der Waals surface area contributed by atoms with Gasteiger partial charge in [0, 0.05) is 0 Å². The maximum absolute atomic E-state index is 8.12. The Morgan fingerprint density at radius 3 is 2.68 bits per heavy atom. The van der Waals surface area contributed by atoms with Crippen LogP contribution in [-0.4, -0.2) is 12.8 Å². The van der Waals surface area contributed by atoms with Gasteiger partial charge in [-0.05, 0) is 60.9 Å². The summed E-state index contributed by atoms with van der Waals surface area (Å²) in [5.41, 5.74) is 4.32. The number of ether oxygens (including phenoxy) is 1. The van der Waals surface area contributed by atoms with Crippen molar-refractivity contribution in [2.75, 3.05) is 6.61 Å². The number of rotatable bonds is 4. The number of hydrogen-bond acceptors (Lipinski definition) is 3. The van der Waals surface area contributed by atoms with Gasteiger partial charge in [-0.2, -0.15) is 9.59 Å². The summed E-state index contributed by atoms with van der Waals surface area (Å²) < 4.78 is 5.86. The van der Waals surface area contributed by atoms with Gasteiger partial charge in [0.2, 0.25) is 0 Å². The Morgan fingerprint density at radius 2 is 1.91 bits per heavy atom. The lowest BCUT2D eigenvalue weighted by Gasteiger charge is -2.12. The highest BCUT2D eigenvalue weighted by molar-refractivity contribution is 5.34. The van der Waals surface area contributed by atoms with Crippen LogP contribution < -0.4 is 4.74 Å². The molecule has 0 radical (unpaired) electrons. The molecule has 0 saturated heterocycles. The highest BCUT2D eigenvalue weighted by Gasteiger charge is 2.21. The average Bonchev–Trinajstić information content (AvgIpc) is 2.92. The zero-order valence-electron chi connectivity index (χ0n) is 12.7. The molecular weight excluding hydrogens is 276 g/mol. The van der Waals surface area contributed by atoms with Crippen LogP contribution in [-0.2, 0) is 16.0 Å². The quantitative estimate of drug-likeness (QED) is 0.859. The second kappa shape index (κ2) is 8.16. The summed E-state index contributed by atoms with van der Waals surface area (Å²) in [6, 6.07) is 17.1. The number of fused-ring (bicyclic) bond motifs is 1. The Balaban J connectivity index is 0.000000545. The van der Waals surface area contributed by atoms with Crippen molar-refractivity contribution in [3.63, 3.8) is 0 Å². The van der Waals surface area contributed by atoms with Gasteiger partial charge in [-0.25, -0.2) is 0 Å². The van der Waals surface area contributed by atoms with Gasteiger partial charge in [0.1, 0.15) is 5.75 Å². The van der Waals surface area contributed by atoms with Crippen molar-refractivity contribution in [1.82, 2.24) is 0 Å². The molecule has 0 amide bonds. The van der Waals surface area contributed by atoms with E-state index in [0.717, 1.165) is 18.8 Å². The summed E-state index contributed by atoms with van der Waals surface area (Å²) in [7, 11) is 0. The minimum atomic E-state index is 0.250. The minimum absolute atomic E-state index is 0.250. The Hall–Kier alpha value is -2.38. The molecule has 0 heterocycles. The predicted octanol–water partition coefficient (Wildman–Crippen LogP) is 3.91. The predicted molar refractivity (Wildman–Crippen MR) is 83.8 cm³/mol. The fourth-order valence-corrected chi connectivity index (χ4v) is 2.97. The maximum atomic E-state index is 8.12. The second-order valence-electron chi connectivity index (χ2n) is 5.47. The van der Waals surface area contributed by atoms with Gasteiger partial charge in [-0.1, -0.05) is 36.4 Å². The van der Waals surface area contributed by atoms with E-state index in [4.69, 9.17) is 14.3 Å². The number of benzene rings is 2. The van der Waals surface area contributed by atoms with E-state index in [2.05, 4.69) is 49.4 Å². The van der Waals surface area contributed by atoms with Gasteiger partial charge < -0.3 is 4.74 Å². The van der Waals surface area contributed by atoms with Crippen molar-refractivity contribution in [3.8, 4) is 5.75 Å². The van der Waals surface area contributed by atoms with Crippen molar-refractivity contribution < 1.29 is 14.3 Å². The molecule has 1 aliphatic carbocycles. The number of aryl methyl sites for hydroxylation is 2. The fourth-order valence-electron chi connectivity index (χ4n) is 2.97. The molecule has 0 saturated carbocycles.